The van der Waals surface area contributed by atoms with Crippen molar-refractivity contribution in [2.45, 2.75) is 26.4 Å². The lowest BCUT2D eigenvalue weighted by Crippen LogP contribution is -2.31. The van der Waals surface area contributed by atoms with Gasteiger partial charge >= 0.3 is 0 Å². The van der Waals surface area contributed by atoms with E-state index >= 15 is 0 Å². The summed E-state index contributed by atoms with van der Waals surface area (Å²) in [5.41, 5.74) is 1.26. The van der Waals surface area contributed by atoms with Crippen LogP contribution in [0, 0.1) is 0 Å². The zero-order valence-corrected chi connectivity index (χ0v) is 14.3. The number of hydrogen-bond acceptors (Lipinski definition) is 6. The number of rotatable bonds is 9. The Morgan fingerprint density at radius 2 is 2.04 bits per heavy atom. The predicted molar refractivity (Wildman–Crippen MR) is 87.7 cm³/mol. The summed E-state index contributed by atoms with van der Waals surface area (Å²) < 4.78 is 15.6. The van der Waals surface area contributed by atoms with Gasteiger partial charge in [0.15, 0.2) is 12.4 Å². The second-order valence-electron chi connectivity index (χ2n) is 5.39. The highest BCUT2D eigenvalue weighted by Gasteiger charge is 2.11. The van der Waals surface area contributed by atoms with E-state index < -0.39 is 0 Å². The fourth-order valence-electron chi connectivity index (χ4n) is 2.04. The number of hydrogen-bond donors (Lipinski definition) is 0. The summed E-state index contributed by atoms with van der Waals surface area (Å²) >= 11 is 0. The molecule has 0 radical (unpaired) electrons. The Hall–Kier alpha value is -2.41. The Bertz CT molecular complexity index is 640. The lowest BCUT2D eigenvalue weighted by Gasteiger charge is -2.15. The Balaban J connectivity index is 1.79. The molecule has 1 aromatic heterocycles. The highest BCUT2D eigenvalue weighted by atomic mass is 16.5. The first-order chi connectivity index (χ1) is 11.6. The summed E-state index contributed by atoms with van der Waals surface area (Å²) in [6.07, 6.45) is 1.51. The smallest absolute Gasteiger partial charge is 0.264 e. The summed E-state index contributed by atoms with van der Waals surface area (Å²) in [5.74, 6) is 1.64. The van der Waals surface area contributed by atoms with Crippen LogP contribution in [0.3, 0.4) is 0 Å². The molecule has 0 bridgehead atoms. The minimum Gasteiger partial charge on any atom is -0.484 e. The van der Waals surface area contributed by atoms with Gasteiger partial charge in [-0.15, -0.1) is 0 Å². The zero-order valence-electron chi connectivity index (χ0n) is 14.3. The van der Waals surface area contributed by atoms with Crippen molar-refractivity contribution < 1.29 is 18.8 Å². The molecule has 0 saturated carbocycles. The van der Waals surface area contributed by atoms with E-state index in [2.05, 4.69) is 17.1 Å². The molecule has 7 nitrogen and oxygen atoms in total. The van der Waals surface area contributed by atoms with E-state index in [1.165, 1.54) is 12.7 Å². The summed E-state index contributed by atoms with van der Waals surface area (Å²) in [6.45, 7) is 2.90. The highest BCUT2D eigenvalue weighted by Crippen LogP contribution is 2.14. The van der Waals surface area contributed by atoms with Crippen LogP contribution in [0.1, 0.15) is 24.2 Å². The standard InChI is InChI=1S/C17H23N3O4/c1-4-13-5-7-14(8-6-13)23-11-16-18-15(19-24-16)9-10-20(2)17(21)12-22-3/h5-8H,4,9-12H2,1-3H3. The molecule has 7 heteroatoms. The minimum absolute atomic E-state index is 0.0681. The number of carbonyl (C=O) groups excluding carboxylic acids is 1. The van der Waals surface area contributed by atoms with Crippen molar-refractivity contribution in [2.75, 3.05) is 27.3 Å². The molecule has 0 fully saturated rings. The van der Waals surface area contributed by atoms with Gasteiger partial charge in [0.1, 0.15) is 12.4 Å². The van der Waals surface area contributed by atoms with E-state index in [9.17, 15) is 4.79 Å². The molecule has 1 amide bonds. The van der Waals surface area contributed by atoms with Crippen LogP contribution in [-0.4, -0.2) is 48.3 Å². The number of methoxy groups -OCH3 is 1. The third-order valence-electron chi connectivity index (χ3n) is 3.57. The number of aromatic nitrogens is 2. The van der Waals surface area contributed by atoms with Gasteiger partial charge in [-0.05, 0) is 24.1 Å². The van der Waals surface area contributed by atoms with Gasteiger partial charge in [-0.25, -0.2) is 0 Å². The van der Waals surface area contributed by atoms with Gasteiger partial charge in [0.05, 0.1) is 0 Å². The molecule has 0 aliphatic carbocycles. The zero-order chi connectivity index (χ0) is 17.4. The van der Waals surface area contributed by atoms with Crippen LogP contribution in [0.5, 0.6) is 5.75 Å². The van der Waals surface area contributed by atoms with Gasteiger partial charge in [-0.3, -0.25) is 4.79 Å². The fraction of sp³-hybridized carbons (Fsp3) is 0.471. The van der Waals surface area contributed by atoms with E-state index in [1.54, 1.807) is 11.9 Å². The van der Waals surface area contributed by atoms with Gasteiger partial charge in [-0.2, -0.15) is 4.98 Å². The molecule has 0 spiro atoms. The maximum absolute atomic E-state index is 11.6. The fourth-order valence-corrected chi connectivity index (χ4v) is 2.04. The molecule has 0 N–H and O–H groups in total. The third kappa shape index (κ3) is 5.34. The number of aryl methyl sites for hydroxylation is 1. The van der Waals surface area contributed by atoms with Crippen molar-refractivity contribution in [3.8, 4) is 5.75 Å². The van der Waals surface area contributed by atoms with Crippen LogP contribution >= 0.6 is 0 Å². The molecule has 0 aliphatic rings. The number of ether oxygens (including phenoxy) is 2. The Labute approximate surface area is 141 Å². The van der Waals surface area contributed by atoms with Gasteiger partial charge in [0, 0.05) is 27.1 Å². The van der Waals surface area contributed by atoms with Crippen molar-refractivity contribution in [3.05, 3.63) is 41.5 Å². The Morgan fingerprint density at radius 3 is 2.71 bits per heavy atom. The molecule has 0 unspecified atom stereocenters. The van der Waals surface area contributed by atoms with Gasteiger partial charge in [-0.1, -0.05) is 24.2 Å². The first kappa shape index (κ1) is 17.9. The van der Waals surface area contributed by atoms with E-state index in [4.69, 9.17) is 14.0 Å². The van der Waals surface area contributed by atoms with Crippen molar-refractivity contribution in [1.29, 1.82) is 0 Å². The SMILES string of the molecule is CCc1ccc(OCc2nc(CCN(C)C(=O)COC)no2)cc1. The van der Waals surface area contributed by atoms with Crippen LogP contribution in [0.15, 0.2) is 28.8 Å². The molecular weight excluding hydrogens is 310 g/mol. The largest absolute Gasteiger partial charge is 0.484 e. The Morgan fingerprint density at radius 1 is 1.29 bits per heavy atom. The predicted octanol–water partition coefficient (Wildman–Crippen LogP) is 1.86. The van der Waals surface area contributed by atoms with Crippen LogP contribution in [0.2, 0.25) is 0 Å². The first-order valence-corrected chi connectivity index (χ1v) is 7.88. The molecule has 2 aromatic rings. The molecule has 130 valence electrons. The second-order valence-corrected chi connectivity index (χ2v) is 5.39. The summed E-state index contributed by atoms with van der Waals surface area (Å²) in [6, 6.07) is 7.90. The summed E-state index contributed by atoms with van der Waals surface area (Å²) in [5, 5.41) is 3.90. The van der Waals surface area contributed by atoms with E-state index in [0.29, 0.717) is 24.7 Å². The lowest BCUT2D eigenvalue weighted by atomic mass is 10.2. The molecule has 2 rings (SSSR count). The third-order valence-corrected chi connectivity index (χ3v) is 3.57. The van der Waals surface area contributed by atoms with Gasteiger partial charge in [0.2, 0.25) is 5.91 Å². The van der Waals surface area contributed by atoms with E-state index in [-0.39, 0.29) is 19.1 Å². The highest BCUT2D eigenvalue weighted by molar-refractivity contribution is 5.77. The molecule has 24 heavy (non-hydrogen) atoms. The number of carbonyl (C=O) groups is 1. The van der Waals surface area contributed by atoms with Crippen molar-refractivity contribution in [1.82, 2.24) is 15.0 Å². The molecule has 1 heterocycles. The molecule has 0 aliphatic heterocycles. The molecule has 1 aromatic carbocycles. The number of amides is 1. The second kappa shape index (κ2) is 9.02. The van der Waals surface area contributed by atoms with Crippen molar-refractivity contribution in [3.63, 3.8) is 0 Å². The van der Waals surface area contributed by atoms with Gasteiger partial charge in [0.25, 0.3) is 5.89 Å². The maximum Gasteiger partial charge on any atom is 0.264 e. The van der Waals surface area contributed by atoms with E-state index in [0.717, 1.165) is 12.2 Å². The summed E-state index contributed by atoms with van der Waals surface area (Å²) in [7, 11) is 3.21. The molecular formula is C17H23N3O4. The molecule has 0 atom stereocenters. The minimum atomic E-state index is -0.0833. The van der Waals surface area contributed by atoms with Gasteiger partial charge < -0.3 is 18.9 Å². The normalized spacial score (nSPS) is 10.6. The average molecular weight is 333 g/mol. The van der Waals surface area contributed by atoms with E-state index in [1.807, 2.05) is 24.3 Å². The topological polar surface area (TPSA) is 77.7 Å². The van der Waals surface area contributed by atoms with Crippen LogP contribution in [0.4, 0.5) is 0 Å². The molecule has 0 saturated heterocycles. The lowest BCUT2D eigenvalue weighted by molar-refractivity contribution is -0.133. The first-order valence-electron chi connectivity index (χ1n) is 7.88. The monoisotopic (exact) mass is 333 g/mol. The number of likely N-dealkylation sites (N-methyl/N-ethyl adjacent to an activating group) is 1. The van der Waals surface area contributed by atoms with Crippen LogP contribution in [-0.2, 0) is 29.0 Å². The number of nitrogens with zero attached hydrogens (tertiary/aromatic N) is 3. The Kier molecular flexibility index (Phi) is 6.74. The van der Waals surface area contributed by atoms with Crippen molar-refractivity contribution >= 4 is 5.91 Å². The summed E-state index contributed by atoms with van der Waals surface area (Å²) in [4.78, 5) is 17.4. The average Bonchev–Trinajstić information content (AvgIpc) is 3.06. The van der Waals surface area contributed by atoms with Crippen LogP contribution < -0.4 is 4.74 Å². The number of benzene rings is 1. The van der Waals surface area contributed by atoms with Crippen molar-refractivity contribution in [2.24, 2.45) is 0 Å². The van der Waals surface area contributed by atoms with Crippen LogP contribution in [0.25, 0.3) is 0 Å². The quantitative estimate of drug-likeness (QED) is 0.697. The maximum atomic E-state index is 11.6.